The first-order chi connectivity index (χ1) is 13.0. The molecule has 136 valence electrons. The zero-order chi connectivity index (χ0) is 19.0. The topological polar surface area (TPSA) is 82.3 Å². The third-order valence-corrected chi connectivity index (χ3v) is 4.85. The third-order valence-electron chi connectivity index (χ3n) is 4.85. The van der Waals surface area contributed by atoms with Crippen LogP contribution in [0.1, 0.15) is 22.3 Å². The molecule has 0 spiro atoms. The molecule has 2 N–H and O–H groups in total. The van der Waals surface area contributed by atoms with Crippen molar-refractivity contribution in [1.82, 2.24) is 10.3 Å². The standard InChI is InChI=1S/C21H19N3O3/c1-13-6-8-15(9-7-13)24-12-14(10-19(24)25)23-21(27)20(26)17-11-22-18-5-3-2-4-16(17)18/h2-9,11,14,22H,10,12H2,1H3,(H,23,27)/t14-/m1/s1. The van der Waals surface area contributed by atoms with Crippen LogP contribution in [0.25, 0.3) is 10.9 Å². The maximum atomic E-state index is 12.5. The van der Waals surface area contributed by atoms with Gasteiger partial charge in [0.05, 0.1) is 11.6 Å². The maximum Gasteiger partial charge on any atom is 0.292 e. The fraction of sp³-hybridized carbons (Fsp3) is 0.190. The molecular formula is C21H19N3O3. The van der Waals surface area contributed by atoms with Crippen molar-refractivity contribution in [1.29, 1.82) is 0 Å². The number of fused-ring (bicyclic) bond motifs is 1. The zero-order valence-corrected chi connectivity index (χ0v) is 14.9. The van der Waals surface area contributed by atoms with Crippen LogP contribution in [-0.4, -0.2) is 35.2 Å². The van der Waals surface area contributed by atoms with Gasteiger partial charge >= 0.3 is 0 Å². The van der Waals surface area contributed by atoms with Crippen LogP contribution in [0.4, 0.5) is 5.69 Å². The second-order valence-electron chi connectivity index (χ2n) is 6.79. The number of hydrogen-bond donors (Lipinski definition) is 2. The summed E-state index contributed by atoms with van der Waals surface area (Å²) in [6.45, 7) is 2.34. The average molecular weight is 361 g/mol. The van der Waals surface area contributed by atoms with Gasteiger partial charge in [-0.05, 0) is 25.1 Å². The number of H-pyrrole nitrogens is 1. The van der Waals surface area contributed by atoms with Crippen molar-refractivity contribution >= 4 is 34.2 Å². The summed E-state index contributed by atoms with van der Waals surface area (Å²) in [5.41, 5.74) is 3.04. The van der Waals surface area contributed by atoms with Gasteiger partial charge in [-0.3, -0.25) is 14.4 Å². The van der Waals surface area contributed by atoms with Crippen LogP contribution in [0.3, 0.4) is 0 Å². The lowest BCUT2D eigenvalue weighted by atomic mass is 10.1. The van der Waals surface area contributed by atoms with Gasteiger partial charge in [-0.1, -0.05) is 35.9 Å². The Balaban J connectivity index is 1.46. The number of para-hydroxylation sites is 1. The SMILES string of the molecule is Cc1ccc(N2C[C@H](NC(=O)C(=O)c3c[nH]c4ccccc34)CC2=O)cc1. The van der Waals surface area contributed by atoms with E-state index in [-0.39, 0.29) is 18.4 Å². The Kier molecular flexibility index (Phi) is 4.24. The number of Topliss-reactive ketones (excluding diaryl/α,β-unsaturated/α-hetero) is 1. The summed E-state index contributed by atoms with van der Waals surface area (Å²) in [6.07, 6.45) is 1.73. The molecule has 4 rings (SSSR count). The second kappa shape index (κ2) is 6.72. The summed E-state index contributed by atoms with van der Waals surface area (Å²) in [6, 6.07) is 14.6. The van der Waals surface area contributed by atoms with E-state index in [1.807, 2.05) is 49.4 Å². The monoisotopic (exact) mass is 361 g/mol. The van der Waals surface area contributed by atoms with Crippen molar-refractivity contribution in [3.05, 3.63) is 65.9 Å². The van der Waals surface area contributed by atoms with E-state index in [0.29, 0.717) is 17.5 Å². The number of carbonyl (C=O) groups excluding carboxylic acids is 3. The highest BCUT2D eigenvalue weighted by atomic mass is 16.2. The van der Waals surface area contributed by atoms with Crippen LogP contribution in [0.2, 0.25) is 0 Å². The number of benzene rings is 2. The fourth-order valence-corrected chi connectivity index (χ4v) is 3.41. The van der Waals surface area contributed by atoms with Gasteiger partial charge in [-0.15, -0.1) is 0 Å². The van der Waals surface area contributed by atoms with Gasteiger partial charge in [0.2, 0.25) is 5.91 Å². The molecule has 0 unspecified atom stereocenters. The lowest BCUT2D eigenvalue weighted by Crippen LogP contribution is -2.40. The van der Waals surface area contributed by atoms with Crippen LogP contribution in [0, 0.1) is 6.92 Å². The molecule has 2 amide bonds. The van der Waals surface area contributed by atoms with Gasteiger partial charge < -0.3 is 15.2 Å². The van der Waals surface area contributed by atoms with Gasteiger partial charge in [0, 0.05) is 35.8 Å². The molecule has 1 saturated heterocycles. The molecule has 27 heavy (non-hydrogen) atoms. The minimum atomic E-state index is -0.691. The van der Waals surface area contributed by atoms with E-state index in [1.165, 1.54) is 0 Å². The molecule has 1 aromatic heterocycles. The van der Waals surface area contributed by atoms with E-state index in [9.17, 15) is 14.4 Å². The number of rotatable bonds is 4. The molecule has 3 aromatic rings. The van der Waals surface area contributed by atoms with Crippen molar-refractivity contribution in [2.45, 2.75) is 19.4 Å². The number of nitrogens with zero attached hydrogens (tertiary/aromatic N) is 1. The van der Waals surface area contributed by atoms with E-state index < -0.39 is 11.7 Å². The summed E-state index contributed by atoms with van der Waals surface area (Å²) >= 11 is 0. The molecule has 2 heterocycles. The van der Waals surface area contributed by atoms with Gasteiger partial charge in [0.1, 0.15) is 0 Å². The number of aryl methyl sites for hydroxylation is 1. The van der Waals surface area contributed by atoms with Crippen molar-refractivity contribution in [3.8, 4) is 0 Å². The lowest BCUT2D eigenvalue weighted by Gasteiger charge is -2.17. The van der Waals surface area contributed by atoms with Crippen molar-refractivity contribution in [2.24, 2.45) is 0 Å². The first kappa shape index (κ1) is 17.0. The smallest absolute Gasteiger partial charge is 0.292 e. The predicted molar refractivity (Wildman–Crippen MR) is 103 cm³/mol. The highest BCUT2D eigenvalue weighted by Crippen LogP contribution is 2.22. The molecule has 1 fully saturated rings. The maximum absolute atomic E-state index is 12.5. The summed E-state index contributed by atoms with van der Waals surface area (Å²) < 4.78 is 0. The van der Waals surface area contributed by atoms with E-state index in [1.54, 1.807) is 17.2 Å². The zero-order valence-electron chi connectivity index (χ0n) is 14.9. The molecule has 0 saturated carbocycles. The number of nitrogens with one attached hydrogen (secondary N) is 2. The van der Waals surface area contributed by atoms with Crippen molar-refractivity contribution in [3.63, 3.8) is 0 Å². The van der Waals surface area contributed by atoms with Gasteiger partial charge in [-0.2, -0.15) is 0 Å². The predicted octanol–water partition coefficient (Wildman–Crippen LogP) is 2.58. The minimum Gasteiger partial charge on any atom is -0.360 e. The first-order valence-electron chi connectivity index (χ1n) is 8.81. The Morgan fingerprint density at radius 2 is 1.85 bits per heavy atom. The van der Waals surface area contributed by atoms with E-state index in [4.69, 9.17) is 0 Å². The highest BCUT2D eigenvalue weighted by Gasteiger charge is 2.33. The quantitative estimate of drug-likeness (QED) is 0.553. The fourth-order valence-electron chi connectivity index (χ4n) is 3.41. The summed E-state index contributed by atoms with van der Waals surface area (Å²) in [4.78, 5) is 41.9. The highest BCUT2D eigenvalue weighted by molar-refractivity contribution is 6.45. The number of ketones is 1. The van der Waals surface area contributed by atoms with Gasteiger partial charge in [0.15, 0.2) is 0 Å². The second-order valence-corrected chi connectivity index (χ2v) is 6.79. The molecule has 0 radical (unpaired) electrons. The number of aromatic amines is 1. The molecule has 1 aliphatic heterocycles. The number of carbonyl (C=O) groups is 3. The van der Waals surface area contributed by atoms with Crippen LogP contribution in [0.5, 0.6) is 0 Å². The van der Waals surface area contributed by atoms with Crippen LogP contribution in [0.15, 0.2) is 54.7 Å². The Morgan fingerprint density at radius 1 is 1.11 bits per heavy atom. The summed E-state index contributed by atoms with van der Waals surface area (Å²) in [7, 11) is 0. The lowest BCUT2D eigenvalue weighted by molar-refractivity contribution is -0.118. The Hall–Kier alpha value is -3.41. The van der Waals surface area contributed by atoms with Gasteiger partial charge in [-0.25, -0.2) is 0 Å². The van der Waals surface area contributed by atoms with E-state index in [2.05, 4.69) is 10.3 Å². The summed E-state index contributed by atoms with van der Waals surface area (Å²) in [5, 5.41) is 3.42. The number of anilines is 1. The molecule has 0 aliphatic carbocycles. The van der Waals surface area contributed by atoms with Crippen LogP contribution in [-0.2, 0) is 9.59 Å². The normalized spacial score (nSPS) is 16.7. The minimum absolute atomic E-state index is 0.0660. The van der Waals surface area contributed by atoms with Crippen LogP contribution >= 0.6 is 0 Å². The molecule has 2 aromatic carbocycles. The first-order valence-corrected chi connectivity index (χ1v) is 8.81. The van der Waals surface area contributed by atoms with Gasteiger partial charge in [0.25, 0.3) is 11.7 Å². The van der Waals surface area contributed by atoms with E-state index in [0.717, 1.165) is 16.8 Å². The molecule has 1 atom stereocenters. The molecule has 0 bridgehead atoms. The number of aromatic nitrogens is 1. The molecule has 6 heteroatoms. The molecule has 6 nitrogen and oxygen atoms in total. The number of amides is 2. The number of hydrogen-bond acceptors (Lipinski definition) is 3. The third kappa shape index (κ3) is 3.21. The van der Waals surface area contributed by atoms with E-state index >= 15 is 0 Å². The van der Waals surface area contributed by atoms with Crippen LogP contribution < -0.4 is 10.2 Å². The largest absolute Gasteiger partial charge is 0.360 e. The van der Waals surface area contributed by atoms with Crippen molar-refractivity contribution in [2.75, 3.05) is 11.4 Å². The molecular weight excluding hydrogens is 342 g/mol. The molecule has 1 aliphatic rings. The van der Waals surface area contributed by atoms with Crippen molar-refractivity contribution < 1.29 is 14.4 Å². The Morgan fingerprint density at radius 3 is 2.63 bits per heavy atom. The Bertz CT molecular complexity index is 1040. The summed E-state index contributed by atoms with van der Waals surface area (Å²) in [5.74, 6) is -1.36. The average Bonchev–Trinajstić information content (AvgIpc) is 3.25. The Labute approximate surface area is 156 Å².